The Labute approximate surface area is 86.3 Å². The lowest BCUT2D eigenvalue weighted by Gasteiger charge is -2.14. The first-order valence-electron chi connectivity index (χ1n) is 4.57. The monoisotopic (exact) mass is 209 g/mol. The normalized spacial score (nSPS) is 24.7. The molecule has 1 aliphatic rings. The van der Waals surface area contributed by atoms with E-state index in [0.717, 1.165) is 5.56 Å². The highest BCUT2D eigenvalue weighted by atomic mass is 16.6. The van der Waals surface area contributed by atoms with Crippen LogP contribution in [0.3, 0.4) is 0 Å². The van der Waals surface area contributed by atoms with Gasteiger partial charge in [0.15, 0.2) is 6.10 Å². The lowest BCUT2D eigenvalue weighted by atomic mass is 10.0. The predicted molar refractivity (Wildman–Crippen MR) is 51.3 cm³/mol. The number of hydrogen-bond donors (Lipinski definition) is 3. The maximum Gasteiger partial charge on any atom is 0.408 e. The molecule has 80 valence electrons. The van der Waals surface area contributed by atoms with Gasteiger partial charge in [-0.15, -0.1) is 0 Å². The fourth-order valence-electron chi connectivity index (χ4n) is 1.58. The van der Waals surface area contributed by atoms with Gasteiger partial charge in [-0.05, 0) is 17.7 Å². The number of alkyl carbamates (subject to hydrolysis) is 1. The Morgan fingerprint density at radius 1 is 1.33 bits per heavy atom. The van der Waals surface area contributed by atoms with Crippen LogP contribution >= 0.6 is 0 Å². The zero-order valence-electron chi connectivity index (χ0n) is 7.88. The van der Waals surface area contributed by atoms with Crippen molar-refractivity contribution in [1.29, 1.82) is 0 Å². The van der Waals surface area contributed by atoms with E-state index in [2.05, 4.69) is 5.32 Å². The molecule has 0 aliphatic carbocycles. The van der Waals surface area contributed by atoms with Crippen molar-refractivity contribution in [2.75, 3.05) is 6.61 Å². The van der Waals surface area contributed by atoms with Gasteiger partial charge in [-0.1, -0.05) is 12.1 Å². The highest BCUT2D eigenvalue weighted by Crippen LogP contribution is 2.25. The number of aliphatic hydroxyl groups excluding tert-OH is 1. The van der Waals surface area contributed by atoms with Crippen LogP contribution < -0.4 is 5.32 Å². The van der Waals surface area contributed by atoms with Crippen molar-refractivity contribution in [3.05, 3.63) is 29.8 Å². The van der Waals surface area contributed by atoms with Gasteiger partial charge >= 0.3 is 6.09 Å². The van der Waals surface area contributed by atoms with E-state index in [-0.39, 0.29) is 18.4 Å². The van der Waals surface area contributed by atoms with Gasteiger partial charge < -0.3 is 20.3 Å². The summed E-state index contributed by atoms with van der Waals surface area (Å²) < 4.78 is 4.85. The number of hydrogen-bond acceptors (Lipinski definition) is 4. The summed E-state index contributed by atoms with van der Waals surface area (Å²) in [7, 11) is 0. The molecule has 5 nitrogen and oxygen atoms in total. The summed E-state index contributed by atoms with van der Waals surface area (Å²) in [5.41, 5.74) is 0.790. The van der Waals surface area contributed by atoms with Crippen LogP contribution in [0.25, 0.3) is 0 Å². The molecule has 0 aromatic heterocycles. The second-order valence-electron chi connectivity index (χ2n) is 3.34. The Morgan fingerprint density at radius 3 is 2.60 bits per heavy atom. The van der Waals surface area contributed by atoms with E-state index in [4.69, 9.17) is 14.9 Å². The van der Waals surface area contributed by atoms with E-state index >= 15 is 0 Å². The van der Waals surface area contributed by atoms with E-state index in [1.165, 1.54) is 12.1 Å². The standard InChI is InChI=1S/C10H11NO4/c12-5-8-9(11-10(14)15-8)6-1-3-7(13)4-2-6/h1-4,8-9,12-13H,5H2,(H,11,14)/t8-,9+/m0/s1. The highest BCUT2D eigenvalue weighted by molar-refractivity contribution is 5.70. The van der Waals surface area contributed by atoms with Crippen LogP contribution in [0.2, 0.25) is 0 Å². The van der Waals surface area contributed by atoms with Crippen LogP contribution in [-0.4, -0.2) is 29.0 Å². The summed E-state index contributed by atoms with van der Waals surface area (Å²) in [6.45, 7) is -0.232. The van der Waals surface area contributed by atoms with Crippen molar-refractivity contribution in [2.24, 2.45) is 0 Å². The molecular formula is C10H11NO4. The number of carbonyl (C=O) groups excluding carboxylic acids is 1. The number of aromatic hydroxyl groups is 1. The Balaban J connectivity index is 2.22. The Kier molecular flexibility index (Phi) is 2.47. The number of phenols is 1. The molecule has 3 N–H and O–H groups in total. The molecule has 5 heteroatoms. The van der Waals surface area contributed by atoms with Gasteiger partial charge in [0.25, 0.3) is 0 Å². The van der Waals surface area contributed by atoms with Crippen molar-refractivity contribution >= 4 is 6.09 Å². The number of phenolic OH excluding ortho intramolecular Hbond substituents is 1. The maximum atomic E-state index is 11.0. The minimum absolute atomic E-state index is 0.157. The van der Waals surface area contributed by atoms with Crippen molar-refractivity contribution in [1.82, 2.24) is 5.32 Å². The van der Waals surface area contributed by atoms with Crippen LogP contribution in [0.4, 0.5) is 4.79 Å². The van der Waals surface area contributed by atoms with E-state index in [1.807, 2.05) is 0 Å². The zero-order valence-corrected chi connectivity index (χ0v) is 7.88. The largest absolute Gasteiger partial charge is 0.508 e. The molecule has 0 saturated carbocycles. The van der Waals surface area contributed by atoms with Gasteiger partial charge in [0.05, 0.1) is 12.6 Å². The van der Waals surface area contributed by atoms with E-state index in [0.29, 0.717) is 0 Å². The first kappa shape index (κ1) is 9.79. The minimum Gasteiger partial charge on any atom is -0.508 e. The average molecular weight is 209 g/mol. The first-order chi connectivity index (χ1) is 7.20. The van der Waals surface area contributed by atoms with Crippen LogP contribution in [0.15, 0.2) is 24.3 Å². The van der Waals surface area contributed by atoms with Gasteiger partial charge in [-0.2, -0.15) is 0 Å². The van der Waals surface area contributed by atoms with Crippen molar-refractivity contribution in [3.63, 3.8) is 0 Å². The van der Waals surface area contributed by atoms with Gasteiger partial charge in [0.2, 0.25) is 0 Å². The Morgan fingerprint density at radius 2 is 2.00 bits per heavy atom. The molecule has 1 saturated heterocycles. The summed E-state index contributed by atoms with van der Waals surface area (Å²) in [6.07, 6.45) is -1.10. The SMILES string of the molecule is O=C1N[C@H](c2ccc(O)cc2)[C@H](CO)O1. The smallest absolute Gasteiger partial charge is 0.408 e. The summed E-state index contributed by atoms with van der Waals surface area (Å²) in [6, 6.07) is 6.04. The molecule has 0 radical (unpaired) electrons. The third kappa shape index (κ3) is 1.87. The molecule has 1 amide bonds. The third-order valence-corrected chi connectivity index (χ3v) is 2.34. The fraction of sp³-hybridized carbons (Fsp3) is 0.300. The van der Waals surface area contributed by atoms with Crippen LogP contribution in [-0.2, 0) is 4.74 Å². The third-order valence-electron chi connectivity index (χ3n) is 2.34. The number of cyclic esters (lactones) is 1. The topological polar surface area (TPSA) is 78.8 Å². The summed E-state index contributed by atoms with van der Waals surface area (Å²) in [5, 5.41) is 20.7. The molecule has 1 aliphatic heterocycles. The van der Waals surface area contributed by atoms with Gasteiger partial charge in [0.1, 0.15) is 5.75 Å². The molecule has 1 fully saturated rings. The second-order valence-corrected chi connectivity index (χ2v) is 3.34. The van der Waals surface area contributed by atoms with Crippen molar-refractivity contribution in [2.45, 2.75) is 12.1 Å². The molecular weight excluding hydrogens is 198 g/mol. The molecule has 15 heavy (non-hydrogen) atoms. The molecule has 1 aromatic rings. The molecule has 0 unspecified atom stereocenters. The predicted octanol–water partition coefficient (Wildman–Crippen LogP) is 0.534. The molecule has 2 rings (SSSR count). The van der Waals surface area contributed by atoms with E-state index in [1.54, 1.807) is 12.1 Å². The first-order valence-corrected chi connectivity index (χ1v) is 4.57. The second kappa shape index (κ2) is 3.78. The van der Waals surface area contributed by atoms with Crippen molar-refractivity contribution < 1.29 is 19.7 Å². The van der Waals surface area contributed by atoms with Gasteiger partial charge in [0, 0.05) is 0 Å². The quantitative estimate of drug-likeness (QED) is 0.664. The fourth-order valence-corrected chi connectivity index (χ4v) is 1.58. The zero-order chi connectivity index (χ0) is 10.8. The Bertz CT molecular complexity index is 362. The van der Waals surface area contributed by atoms with Crippen LogP contribution in [0, 0.1) is 0 Å². The molecule has 0 spiro atoms. The summed E-state index contributed by atoms with van der Waals surface area (Å²) >= 11 is 0. The van der Waals surface area contributed by atoms with Gasteiger partial charge in [-0.25, -0.2) is 4.79 Å². The van der Waals surface area contributed by atoms with Crippen LogP contribution in [0.1, 0.15) is 11.6 Å². The molecule has 1 aromatic carbocycles. The number of amides is 1. The number of nitrogens with one attached hydrogen (secondary N) is 1. The Hall–Kier alpha value is -1.75. The summed E-state index contributed by atoms with van der Waals surface area (Å²) in [4.78, 5) is 11.0. The maximum absolute atomic E-state index is 11.0. The summed E-state index contributed by atoms with van der Waals surface area (Å²) in [5.74, 6) is 0.157. The lowest BCUT2D eigenvalue weighted by molar-refractivity contribution is 0.0829. The van der Waals surface area contributed by atoms with Crippen molar-refractivity contribution in [3.8, 4) is 5.75 Å². The number of ether oxygens (including phenoxy) is 1. The molecule has 0 bridgehead atoms. The average Bonchev–Trinajstić information content (AvgIpc) is 2.61. The van der Waals surface area contributed by atoms with Crippen LogP contribution in [0.5, 0.6) is 5.75 Å². The lowest BCUT2D eigenvalue weighted by Crippen LogP contribution is -2.24. The molecule has 1 heterocycles. The number of aliphatic hydroxyl groups is 1. The number of benzene rings is 1. The van der Waals surface area contributed by atoms with E-state index in [9.17, 15) is 4.79 Å². The van der Waals surface area contributed by atoms with E-state index < -0.39 is 12.2 Å². The highest BCUT2D eigenvalue weighted by Gasteiger charge is 2.34. The van der Waals surface area contributed by atoms with Gasteiger partial charge in [-0.3, -0.25) is 0 Å². The number of carbonyl (C=O) groups is 1. The molecule has 2 atom stereocenters. The number of rotatable bonds is 2. The minimum atomic E-state index is -0.568.